The summed E-state index contributed by atoms with van der Waals surface area (Å²) in [6.07, 6.45) is 7.24. The molecule has 0 radical (unpaired) electrons. The molecule has 1 aromatic carbocycles. The van der Waals surface area contributed by atoms with Crippen molar-refractivity contribution in [3.63, 3.8) is 0 Å². The van der Waals surface area contributed by atoms with Crippen molar-refractivity contribution in [3.05, 3.63) is 35.4 Å². The largest absolute Gasteiger partial charge is 0.379 e. The molecule has 0 atom stereocenters. The summed E-state index contributed by atoms with van der Waals surface area (Å²) in [4.78, 5) is 22.1. The number of nitrogens with one attached hydrogen (secondary N) is 2. The molecule has 2 aliphatic heterocycles. The highest BCUT2D eigenvalue weighted by atomic mass is 16.5. The quantitative estimate of drug-likeness (QED) is 0.523. The van der Waals surface area contributed by atoms with E-state index in [1.165, 1.54) is 43.2 Å². The number of amides is 1. The van der Waals surface area contributed by atoms with E-state index in [-0.39, 0.29) is 18.0 Å². The van der Waals surface area contributed by atoms with Gasteiger partial charge in [0.15, 0.2) is 5.96 Å². The van der Waals surface area contributed by atoms with Gasteiger partial charge in [0.25, 0.3) is 0 Å². The molecule has 176 valence electrons. The van der Waals surface area contributed by atoms with E-state index >= 15 is 0 Å². The van der Waals surface area contributed by atoms with Crippen molar-refractivity contribution in [3.8, 4) is 0 Å². The first-order valence-electron chi connectivity index (χ1n) is 12.4. The molecule has 32 heavy (non-hydrogen) atoms. The zero-order chi connectivity index (χ0) is 22.2. The Labute approximate surface area is 192 Å². The van der Waals surface area contributed by atoms with Gasteiger partial charge in [-0.1, -0.05) is 43.5 Å². The van der Waals surface area contributed by atoms with Crippen LogP contribution in [0.15, 0.2) is 29.3 Å². The zero-order valence-electron chi connectivity index (χ0n) is 19.6. The van der Waals surface area contributed by atoms with Gasteiger partial charge >= 0.3 is 0 Å². The maximum absolute atomic E-state index is 12.9. The lowest BCUT2D eigenvalue weighted by atomic mass is 9.80. The smallest absolute Gasteiger partial charge is 0.244 e. The van der Waals surface area contributed by atoms with E-state index in [0.717, 1.165) is 58.3 Å². The fourth-order valence-electron chi connectivity index (χ4n) is 5.40. The van der Waals surface area contributed by atoms with Crippen LogP contribution in [0.25, 0.3) is 0 Å². The van der Waals surface area contributed by atoms with E-state index in [9.17, 15) is 4.79 Å². The Balaban J connectivity index is 1.36. The molecule has 3 aliphatic rings. The first-order chi connectivity index (χ1) is 15.7. The van der Waals surface area contributed by atoms with Gasteiger partial charge in [-0.25, -0.2) is 4.99 Å². The van der Waals surface area contributed by atoms with E-state index in [1.807, 2.05) is 11.0 Å². The third-order valence-electron chi connectivity index (χ3n) is 7.25. The normalized spacial score (nSPS) is 21.7. The Hall–Kier alpha value is -2.12. The number of hydrogen-bond acceptors (Lipinski definition) is 4. The number of guanidine groups is 1. The molecule has 1 aromatic rings. The summed E-state index contributed by atoms with van der Waals surface area (Å²) in [7, 11) is 0. The second kappa shape index (κ2) is 11.1. The third-order valence-corrected chi connectivity index (χ3v) is 7.25. The van der Waals surface area contributed by atoms with Gasteiger partial charge in [-0.2, -0.15) is 0 Å². The van der Waals surface area contributed by atoms with E-state index < -0.39 is 0 Å². The molecule has 0 aromatic heterocycles. The number of morpholine rings is 1. The summed E-state index contributed by atoms with van der Waals surface area (Å²) in [6.45, 7) is 9.01. The summed E-state index contributed by atoms with van der Waals surface area (Å²) in [6, 6.07) is 8.41. The molecule has 1 aliphatic carbocycles. The van der Waals surface area contributed by atoms with Crippen LogP contribution in [0.4, 0.5) is 0 Å². The summed E-state index contributed by atoms with van der Waals surface area (Å²) in [5.41, 5.74) is 2.78. The zero-order valence-corrected chi connectivity index (χ0v) is 19.6. The van der Waals surface area contributed by atoms with Crippen LogP contribution >= 0.6 is 0 Å². The lowest BCUT2D eigenvalue weighted by Gasteiger charge is -2.48. The summed E-state index contributed by atoms with van der Waals surface area (Å²) in [5.74, 6) is 0.841. The van der Waals surface area contributed by atoms with Crippen molar-refractivity contribution >= 4 is 11.9 Å². The average Bonchev–Trinajstić information content (AvgIpc) is 2.86. The van der Waals surface area contributed by atoms with Gasteiger partial charge in [-0.15, -0.1) is 0 Å². The van der Waals surface area contributed by atoms with Gasteiger partial charge in [0.05, 0.1) is 13.2 Å². The molecular formula is C25H39N5O2. The molecule has 7 heteroatoms. The number of ether oxygens (including phenoxy) is 1. The molecule has 1 amide bonds. The number of aliphatic imine (C=N–C) groups is 1. The first-order valence-corrected chi connectivity index (χ1v) is 12.4. The number of fused-ring (bicyclic) bond motifs is 1. The molecule has 2 N–H and O–H groups in total. The van der Waals surface area contributed by atoms with Crippen LogP contribution in [0.2, 0.25) is 0 Å². The van der Waals surface area contributed by atoms with Gasteiger partial charge < -0.3 is 20.3 Å². The highest BCUT2D eigenvalue weighted by Crippen LogP contribution is 2.33. The minimum Gasteiger partial charge on any atom is -0.379 e. The van der Waals surface area contributed by atoms with Crippen molar-refractivity contribution in [2.45, 2.75) is 57.5 Å². The van der Waals surface area contributed by atoms with Gasteiger partial charge in [-0.3, -0.25) is 9.69 Å². The highest BCUT2D eigenvalue weighted by Gasteiger charge is 2.38. The van der Waals surface area contributed by atoms with Crippen LogP contribution < -0.4 is 10.6 Å². The maximum atomic E-state index is 12.9. The van der Waals surface area contributed by atoms with Gasteiger partial charge in [-0.05, 0) is 37.3 Å². The Morgan fingerprint density at radius 3 is 2.56 bits per heavy atom. The van der Waals surface area contributed by atoms with Crippen LogP contribution in [0, 0.1) is 0 Å². The Kier molecular flexibility index (Phi) is 8.03. The Morgan fingerprint density at radius 1 is 1.06 bits per heavy atom. The lowest BCUT2D eigenvalue weighted by molar-refractivity contribution is -0.130. The fourth-order valence-corrected chi connectivity index (χ4v) is 5.40. The summed E-state index contributed by atoms with van der Waals surface area (Å²) < 4.78 is 5.60. The van der Waals surface area contributed by atoms with Crippen LogP contribution in [0.3, 0.4) is 0 Å². The summed E-state index contributed by atoms with van der Waals surface area (Å²) >= 11 is 0. The molecule has 4 rings (SSSR count). The molecule has 1 saturated carbocycles. The topological polar surface area (TPSA) is 69.2 Å². The second-order valence-corrected chi connectivity index (χ2v) is 9.27. The minimum atomic E-state index is 0.0947. The molecule has 0 bridgehead atoms. The second-order valence-electron chi connectivity index (χ2n) is 9.27. The van der Waals surface area contributed by atoms with E-state index in [0.29, 0.717) is 6.54 Å². The standard InChI is InChI=1S/C25H39N5O2/c1-2-26-24(27-18-23(31)29-13-10-21-8-4-5-9-22(21)19-29)28-20-25(11-6-3-7-12-25)30-14-16-32-17-15-30/h4-5,8-9H,2-3,6-7,10-20H2,1H3,(H2,26,27,28). The van der Waals surface area contributed by atoms with E-state index in [2.05, 4.69) is 45.6 Å². The van der Waals surface area contributed by atoms with Crippen molar-refractivity contribution in [2.24, 2.45) is 4.99 Å². The molecule has 2 fully saturated rings. The van der Waals surface area contributed by atoms with Crippen molar-refractivity contribution in [1.29, 1.82) is 0 Å². The van der Waals surface area contributed by atoms with Crippen LogP contribution in [0.1, 0.15) is 50.2 Å². The lowest BCUT2D eigenvalue weighted by Crippen LogP contribution is -2.60. The number of rotatable bonds is 6. The number of nitrogens with zero attached hydrogens (tertiary/aromatic N) is 3. The molecule has 7 nitrogen and oxygen atoms in total. The number of carbonyl (C=O) groups excluding carboxylic acids is 1. The highest BCUT2D eigenvalue weighted by molar-refractivity contribution is 5.85. The first kappa shape index (κ1) is 23.1. The van der Waals surface area contributed by atoms with Crippen LogP contribution in [-0.2, 0) is 22.5 Å². The molecule has 1 saturated heterocycles. The van der Waals surface area contributed by atoms with Crippen LogP contribution in [-0.4, -0.2) is 79.7 Å². The number of carbonyl (C=O) groups is 1. The maximum Gasteiger partial charge on any atom is 0.244 e. The third kappa shape index (κ3) is 5.62. The van der Waals surface area contributed by atoms with Crippen molar-refractivity contribution < 1.29 is 9.53 Å². The average molecular weight is 442 g/mol. The van der Waals surface area contributed by atoms with Crippen molar-refractivity contribution in [1.82, 2.24) is 20.4 Å². The predicted octanol–water partition coefficient (Wildman–Crippen LogP) is 2.16. The van der Waals surface area contributed by atoms with Crippen molar-refractivity contribution in [2.75, 3.05) is 52.5 Å². The van der Waals surface area contributed by atoms with E-state index in [1.54, 1.807) is 0 Å². The Bertz CT molecular complexity index is 784. The van der Waals surface area contributed by atoms with Gasteiger partial charge in [0.1, 0.15) is 6.54 Å². The fraction of sp³-hybridized carbons (Fsp3) is 0.680. The summed E-state index contributed by atoms with van der Waals surface area (Å²) in [5, 5.41) is 6.93. The molecule has 0 unspecified atom stereocenters. The number of benzene rings is 1. The monoisotopic (exact) mass is 441 g/mol. The van der Waals surface area contributed by atoms with E-state index in [4.69, 9.17) is 4.74 Å². The number of hydrogen-bond donors (Lipinski definition) is 2. The van der Waals surface area contributed by atoms with Crippen LogP contribution in [0.5, 0.6) is 0 Å². The van der Waals surface area contributed by atoms with Gasteiger partial charge in [0, 0.05) is 44.8 Å². The predicted molar refractivity (Wildman–Crippen MR) is 128 cm³/mol. The molecule has 0 spiro atoms. The Morgan fingerprint density at radius 2 is 1.81 bits per heavy atom. The molecule has 2 heterocycles. The van der Waals surface area contributed by atoms with Gasteiger partial charge in [0.2, 0.25) is 5.91 Å². The minimum absolute atomic E-state index is 0.0947. The molecular weight excluding hydrogens is 402 g/mol. The SMILES string of the molecule is CCNC(=NCC(=O)N1CCc2ccccc2C1)NCC1(N2CCOCC2)CCCCC1.